The molecule has 96 valence electrons. The van der Waals surface area contributed by atoms with Crippen molar-refractivity contribution in [2.45, 2.75) is 37.5 Å². The molecule has 0 radical (unpaired) electrons. The minimum Gasteiger partial charge on any atom is -0.481 e. The van der Waals surface area contributed by atoms with Gasteiger partial charge in [0.2, 0.25) is 0 Å². The van der Waals surface area contributed by atoms with Gasteiger partial charge in [-0.25, -0.2) is 0 Å². The first-order valence-corrected chi connectivity index (χ1v) is 6.81. The molecular weight excluding hydrogens is 226 g/mol. The number of aliphatic carboxylic acids is 1. The van der Waals surface area contributed by atoms with Crippen molar-refractivity contribution in [3.8, 4) is 0 Å². The van der Waals surface area contributed by atoms with Gasteiger partial charge in [-0.05, 0) is 43.4 Å². The summed E-state index contributed by atoms with van der Waals surface area (Å²) in [7, 11) is 0. The summed E-state index contributed by atoms with van der Waals surface area (Å²) in [4.78, 5) is 13.9. The Morgan fingerprint density at radius 2 is 1.89 bits per heavy atom. The number of carbonyl (C=O) groups is 1. The van der Waals surface area contributed by atoms with Crippen LogP contribution in [0.1, 0.15) is 37.7 Å². The lowest BCUT2D eigenvalue weighted by atomic mass is 9.64. The molecule has 2 fully saturated rings. The summed E-state index contributed by atoms with van der Waals surface area (Å²) < 4.78 is 0. The molecule has 1 aliphatic heterocycles. The first kappa shape index (κ1) is 11.6. The van der Waals surface area contributed by atoms with Crippen LogP contribution in [-0.2, 0) is 10.2 Å². The van der Waals surface area contributed by atoms with Crippen LogP contribution in [0.15, 0.2) is 24.3 Å². The number of rotatable bonds is 3. The van der Waals surface area contributed by atoms with Crippen molar-refractivity contribution in [1.29, 1.82) is 0 Å². The van der Waals surface area contributed by atoms with Gasteiger partial charge in [0.05, 0.1) is 5.41 Å². The second-order valence-corrected chi connectivity index (χ2v) is 5.49. The van der Waals surface area contributed by atoms with E-state index in [2.05, 4.69) is 17.0 Å². The van der Waals surface area contributed by atoms with E-state index in [1.807, 2.05) is 12.1 Å². The fraction of sp³-hybridized carbons (Fsp3) is 0.533. The van der Waals surface area contributed by atoms with E-state index in [0.717, 1.165) is 37.9 Å². The molecule has 0 bridgehead atoms. The third kappa shape index (κ3) is 1.69. The molecule has 1 aromatic rings. The van der Waals surface area contributed by atoms with E-state index in [1.54, 1.807) is 0 Å². The Kier molecular flexibility index (Phi) is 2.77. The Morgan fingerprint density at radius 3 is 2.44 bits per heavy atom. The summed E-state index contributed by atoms with van der Waals surface area (Å²) in [6, 6.07) is 8.18. The van der Waals surface area contributed by atoms with Crippen LogP contribution in [0.3, 0.4) is 0 Å². The van der Waals surface area contributed by atoms with Crippen LogP contribution in [0.2, 0.25) is 0 Å². The van der Waals surface area contributed by atoms with Gasteiger partial charge in [0.1, 0.15) is 0 Å². The monoisotopic (exact) mass is 245 g/mol. The molecule has 1 saturated heterocycles. The third-order valence-electron chi connectivity index (χ3n) is 4.49. The number of nitrogens with zero attached hydrogens (tertiary/aromatic N) is 1. The summed E-state index contributed by atoms with van der Waals surface area (Å²) in [6.45, 7) is 2.20. The van der Waals surface area contributed by atoms with Crippen LogP contribution in [-0.4, -0.2) is 24.2 Å². The predicted octanol–water partition coefficient (Wildman–Crippen LogP) is 2.79. The van der Waals surface area contributed by atoms with Crippen molar-refractivity contribution in [3.63, 3.8) is 0 Å². The van der Waals surface area contributed by atoms with E-state index in [0.29, 0.717) is 0 Å². The lowest BCUT2D eigenvalue weighted by Gasteiger charge is -2.38. The molecule has 1 heterocycles. The first-order chi connectivity index (χ1) is 8.72. The zero-order chi connectivity index (χ0) is 12.6. The highest BCUT2D eigenvalue weighted by Gasteiger charge is 2.46. The largest absolute Gasteiger partial charge is 0.481 e. The van der Waals surface area contributed by atoms with E-state index in [9.17, 15) is 9.90 Å². The quantitative estimate of drug-likeness (QED) is 0.890. The molecule has 3 rings (SSSR count). The van der Waals surface area contributed by atoms with E-state index < -0.39 is 11.4 Å². The molecule has 0 spiro atoms. The standard InChI is InChI=1S/C15H19NO2/c17-14(18)15(7-4-8-15)12-5-3-6-13(11-12)16-9-1-2-10-16/h3,5-6,11H,1-2,4,7-10H2,(H,17,18). The maximum atomic E-state index is 11.5. The highest BCUT2D eigenvalue weighted by molar-refractivity contribution is 5.83. The van der Waals surface area contributed by atoms with Crippen LogP contribution in [0.4, 0.5) is 5.69 Å². The zero-order valence-electron chi connectivity index (χ0n) is 10.6. The number of hydrogen-bond acceptors (Lipinski definition) is 2. The average molecular weight is 245 g/mol. The summed E-state index contributed by atoms with van der Waals surface area (Å²) in [5, 5.41) is 9.48. The molecule has 3 nitrogen and oxygen atoms in total. The first-order valence-electron chi connectivity index (χ1n) is 6.81. The molecule has 0 atom stereocenters. The van der Waals surface area contributed by atoms with E-state index in [1.165, 1.54) is 18.5 Å². The van der Waals surface area contributed by atoms with Crippen molar-refractivity contribution in [1.82, 2.24) is 0 Å². The van der Waals surface area contributed by atoms with Crippen LogP contribution in [0.5, 0.6) is 0 Å². The number of anilines is 1. The summed E-state index contributed by atoms with van der Waals surface area (Å²) >= 11 is 0. The van der Waals surface area contributed by atoms with Gasteiger partial charge in [0, 0.05) is 18.8 Å². The molecule has 1 saturated carbocycles. The Bertz CT molecular complexity index is 459. The lowest BCUT2D eigenvalue weighted by molar-refractivity contribution is -0.147. The molecule has 0 amide bonds. The van der Waals surface area contributed by atoms with Crippen molar-refractivity contribution in [3.05, 3.63) is 29.8 Å². The summed E-state index contributed by atoms with van der Waals surface area (Å²) in [6.07, 6.45) is 5.08. The summed E-state index contributed by atoms with van der Waals surface area (Å²) in [5.74, 6) is -0.660. The van der Waals surface area contributed by atoms with Gasteiger partial charge < -0.3 is 10.0 Å². The molecule has 2 aliphatic rings. The van der Waals surface area contributed by atoms with Gasteiger partial charge in [-0.15, -0.1) is 0 Å². The van der Waals surface area contributed by atoms with Crippen molar-refractivity contribution >= 4 is 11.7 Å². The Labute approximate surface area is 107 Å². The molecule has 3 heteroatoms. The van der Waals surface area contributed by atoms with Crippen LogP contribution in [0, 0.1) is 0 Å². The van der Waals surface area contributed by atoms with Gasteiger partial charge in [-0.3, -0.25) is 4.79 Å². The average Bonchev–Trinajstić information content (AvgIpc) is 2.80. The van der Waals surface area contributed by atoms with Crippen LogP contribution < -0.4 is 4.90 Å². The third-order valence-corrected chi connectivity index (χ3v) is 4.49. The normalized spacial score (nSPS) is 21.7. The maximum Gasteiger partial charge on any atom is 0.314 e. The Morgan fingerprint density at radius 1 is 1.17 bits per heavy atom. The van der Waals surface area contributed by atoms with Gasteiger partial charge in [0.15, 0.2) is 0 Å². The van der Waals surface area contributed by atoms with Gasteiger partial charge >= 0.3 is 5.97 Å². The maximum absolute atomic E-state index is 11.5. The van der Waals surface area contributed by atoms with Gasteiger partial charge in [0.25, 0.3) is 0 Å². The van der Waals surface area contributed by atoms with Gasteiger partial charge in [-0.1, -0.05) is 18.6 Å². The lowest BCUT2D eigenvalue weighted by Crippen LogP contribution is -2.42. The minimum atomic E-state index is -0.660. The zero-order valence-corrected chi connectivity index (χ0v) is 10.6. The molecule has 0 aromatic heterocycles. The van der Waals surface area contributed by atoms with Crippen LogP contribution in [0.25, 0.3) is 0 Å². The number of carboxylic acids is 1. The second-order valence-electron chi connectivity index (χ2n) is 5.49. The molecule has 1 N–H and O–H groups in total. The van der Waals surface area contributed by atoms with Crippen molar-refractivity contribution < 1.29 is 9.90 Å². The molecule has 18 heavy (non-hydrogen) atoms. The topological polar surface area (TPSA) is 40.5 Å². The predicted molar refractivity (Wildman–Crippen MR) is 71.1 cm³/mol. The van der Waals surface area contributed by atoms with E-state index in [4.69, 9.17) is 0 Å². The molecule has 1 aromatic carbocycles. The number of carboxylic acid groups (broad SMARTS) is 1. The highest BCUT2D eigenvalue weighted by atomic mass is 16.4. The number of hydrogen-bond donors (Lipinski definition) is 1. The van der Waals surface area contributed by atoms with Crippen molar-refractivity contribution in [2.75, 3.05) is 18.0 Å². The minimum absolute atomic E-state index is 0.601. The van der Waals surface area contributed by atoms with Crippen LogP contribution >= 0.6 is 0 Å². The highest BCUT2D eigenvalue weighted by Crippen LogP contribution is 2.44. The fourth-order valence-corrected chi connectivity index (χ4v) is 3.13. The van der Waals surface area contributed by atoms with Crippen molar-refractivity contribution in [2.24, 2.45) is 0 Å². The molecular formula is C15H19NO2. The SMILES string of the molecule is O=C(O)C1(c2cccc(N3CCCC3)c2)CCC1. The second kappa shape index (κ2) is 4.30. The Balaban J connectivity index is 1.92. The van der Waals surface area contributed by atoms with E-state index >= 15 is 0 Å². The molecule has 1 aliphatic carbocycles. The fourth-order valence-electron chi connectivity index (χ4n) is 3.13. The smallest absolute Gasteiger partial charge is 0.314 e. The summed E-state index contributed by atoms with van der Waals surface area (Å²) in [5.41, 5.74) is 1.58. The molecule has 0 unspecified atom stereocenters. The number of benzene rings is 1. The Hall–Kier alpha value is -1.51. The van der Waals surface area contributed by atoms with E-state index in [-0.39, 0.29) is 0 Å². The van der Waals surface area contributed by atoms with Gasteiger partial charge in [-0.2, -0.15) is 0 Å².